The van der Waals surface area contributed by atoms with Gasteiger partial charge in [-0.3, -0.25) is 0 Å². The summed E-state index contributed by atoms with van der Waals surface area (Å²) in [6, 6.07) is 7.17. The molecular formula is C13H19NO2. The minimum absolute atomic E-state index is 0.197. The second-order valence-corrected chi connectivity index (χ2v) is 4.45. The first kappa shape index (κ1) is 11.3. The SMILES string of the molecule is CC1CNCCCC1Oc1ccccc1O. The number of phenols is 1. The molecule has 88 valence electrons. The molecule has 3 heteroatoms. The van der Waals surface area contributed by atoms with Crippen LogP contribution < -0.4 is 10.1 Å². The summed E-state index contributed by atoms with van der Waals surface area (Å²) < 4.78 is 5.89. The molecule has 1 saturated heterocycles. The number of hydrogen-bond donors (Lipinski definition) is 2. The quantitative estimate of drug-likeness (QED) is 0.804. The normalized spacial score (nSPS) is 26.1. The van der Waals surface area contributed by atoms with Crippen LogP contribution in [0.5, 0.6) is 11.5 Å². The predicted octanol–water partition coefficient (Wildman–Crippen LogP) is 2.16. The smallest absolute Gasteiger partial charge is 0.161 e. The predicted molar refractivity (Wildman–Crippen MR) is 63.8 cm³/mol. The Kier molecular flexibility index (Phi) is 3.67. The summed E-state index contributed by atoms with van der Waals surface area (Å²) >= 11 is 0. The maximum Gasteiger partial charge on any atom is 0.161 e. The molecule has 16 heavy (non-hydrogen) atoms. The highest BCUT2D eigenvalue weighted by Gasteiger charge is 2.21. The lowest BCUT2D eigenvalue weighted by molar-refractivity contribution is 0.136. The van der Waals surface area contributed by atoms with Gasteiger partial charge in [-0.2, -0.15) is 0 Å². The van der Waals surface area contributed by atoms with E-state index >= 15 is 0 Å². The van der Waals surface area contributed by atoms with Crippen molar-refractivity contribution in [1.29, 1.82) is 0 Å². The Morgan fingerprint density at radius 3 is 3.00 bits per heavy atom. The first-order valence-electron chi connectivity index (χ1n) is 5.93. The summed E-state index contributed by atoms with van der Waals surface area (Å²) in [4.78, 5) is 0. The van der Waals surface area contributed by atoms with Gasteiger partial charge in [0.1, 0.15) is 6.10 Å². The molecule has 1 aliphatic rings. The van der Waals surface area contributed by atoms with Crippen molar-refractivity contribution >= 4 is 0 Å². The highest BCUT2D eigenvalue weighted by Crippen LogP contribution is 2.28. The van der Waals surface area contributed by atoms with Crippen LogP contribution in [-0.2, 0) is 0 Å². The number of para-hydroxylation sites is 2. The number of nitrogens with one attached hydrogen (secondary N) is 1. The van der Waals surface area contributed by atoms with Crippen molar-refractivity contribution in [2.75, 3.05) is 13.1 Å². The molecule has 0 saturated carbocycles. The molecular weight excluding hydrogens is 202 g/mol. The van der Waals surface area contributed by atoms with Crippen molar-refractivity contribution in [3.05, 3.63) is 24.3 Å². The topological polar surface area (TPSA) is 41.5 Å². The molecule has 0 radical (unpaired) electrons. The first-order chi connectivity index (χ1) is 7.77. The molecule has 0 amide bonds. The molecule has 0 aliphatic carbocycles. The molecule has 1 aromatic rings. The van der Waals surface area contributed by atoms with E-state index < -0.39 is 0 Å². The van der Waals surface area contributed by atoms with Gasteiger partial charge in [-0.05, 0) is 31.5 Å². The third kappa shape index (κ3) is 2.67. The van der Waals surface area contributed by atoms with E-state index in [1.165, 1.54) is 0 Å². The Morgan fingerprint density at radius 1 is 1.38 bits per heavy atom. The standard InChI is InChI=1S/C13H19NO2/c1-10-9-14-8-4-7-12(10)16-13-6-3-2-5-11(13)15/h2-3,5-6,10,12,14-15H,4,7-9H2,1H3. The molecule has 0 bridgehead atoms. The number of benzene rings is 1. The molecule has 3 nitrogen and oxygen atoms in total. The Bertz CT molecular complexity index is 340. The highest BCUT2D eigenvalue weighted by atomic mass is 16.5. The Hall–Kier alpha value is -1.22. The molecule has 2 atom stereocenters. The fourth-order valence-corrected chi connectivity index (χ4v) is 2.07. The van der Waals surface area contributed by atoms with Gasteiger partial charge in [0.25, 0.3) is 0 Å². The van der Waals surface area contributed by atoms with E-state index in [0.717, 1.165) is 25.9 Å². The van der Waals surface area contributed by atoms with E-state index in [2.05, 4.69) is 12.2 Å². The van der Waals surface area contributed by atoms with Crippen LogP contribution >= 0.6 is 0 Å². The summed E-state index contributed by atoms with van der Waals surface area (Å²) in [7, 11) is 0. The van der Waals surface area contributed by atoms with Gasteiger partial charge in [0.05, 0.1) is 0 Å². The summed E-state index contributed by atoms with van der Waals surface area (Å²) in [6.45, 7) is 4.23. The zero-order chi connectivity index (χ0) is 11.4. The molecule has 2 unspecified atom stereocenters. The maximum absolute atomic E-state index is 9.66. The van der Waals surface area contributed by atoms with Gasteiger partial charge >= 0.3 is 0 Å². The van der Waals surface area contributed by atoms with Crippen molar-refractivity contribution in [3.8, 4) is 11.5 Å². The lowest BCUT2D eigenvalue weighted by Gasteiger charge is -2.23. The average molecular weight is 221 g/mol. The Labute approximate surface area is 96.4 Å². The van der Waals surface area contributed by atoms with Crippen LogP contribution in [0.25, 0.3) is 0 Å². The number of hydrogen-bond acceptors (Lipinski definition) is 3. The van der Waals surface area contributed by atoms with Crippen LogP contribution in [0.15, 0.2) is 24.3 Å². The van der Waals surface area contributed by atoms with E-state index in [4.69, 9.17) is 4.74 Å². The minimum Gasteiger partial charge on any atom is -0.504 e. The van der Waals surface area contributed by atoms with E-state index in [1.807, 2.05) is 12.1 Å². The molecule has 1 heterocycles. The van der Waals surface area contributed by atoms with Gasteiger partial charge < -0.3 is 15.2 Å². The molecule has 2 rings (SSSR count). The highest BCUT2D eigenvalue weighted by molar-refractivity contribution is 5.38. The Balaban J connectivity index is 2.05. The zero-order valence-corrected chi connectivity index (χ0v) is 9.65. The molecule has 1 fully saturated rings. The molecule has 1 aliphatic heterocycles. The van der Waals surface area contributed by atoms with E-state index in [0.29, 0.717) is 11.7 Å². The number of phenolic OH excluding ortho intramolecular Hbond substituents is 1. The van der Waals surface area contributed by atoms with Gasteiger partial charge in [0.2, 0.25) is 0 Å². The van der Waals surface area contributed by atoms with E-state index in [9.17, 15) is 5.11 Å². The van der Waals surface area contributed by atoms with Crippen LogP contribution in [-0.4, -0.2) is 24.3 Å². The fraction of sp³-hybridized carbons (Fsp3) is 0.538. The van der Waals surface area contributed by atoms with Gasteiger partial charge in [0, 0.05) is 12.5 Å². The van der Waals surface area contributed by atoms with Gasteiger partial charge in [-0.15, -0.1) is 0 Å². The maximum atomic E-state index is 9.66. The monoisotopic (exact) mass is 221 g/mol. The van der Waals surface area contributed by atoms with Crippen LogP contribution in [0.2, 0.25) is 0 Å². The largest absolute Gasteiger partial charge is 0.504 e. The third-order valence-corrected chi connectivity index (χ3v) is 3.09. The minimum atomic E-state index is 0.197. The fourth-order valence-electron chi connectivity index (χ4n) is 2.07. The summed E-state index contributed by atoms with van der Waals surface area (Å²) in [6.07, 6.45) is 2.37. The zero-order valence-electron chi connectivity index (χ0n) is 9.65. The van der Waals surface area contributed by atoms with Gasteiger partial charge in [-0.25, -0.2) is 0 Å². The lowest BCUT2D eigenvalue weighted by Crippen LogP contribution is -2.29. The number of ether oxygens (including phenoxy) is 1. The van der Waals surface area contributed by atoms with Crippen molar-refractivity contribution in [2.45, 2.75) is 25.9 Å². The van der Waals surface area contributed by atoms with E-state index in [1.54, 1.807) is 12.1 Å². The van der Waals surface area contributed by atoms with Gasteiger partial charge in [-0.1, -0.05) is 19.1 Å². The van der Waals surface area contributed by atoms with Gasteiger partial charge in [0.15, 0.2) is 11.5 Å². The average Bonchev–Trinajstić information content (AvgIpc) is 2.48. The second-order valence-electron chi connectivity index (χ2n) is 4.45. The van der Waals surface area contributed by atoms with Crippen LogP contribution in [0, 0.1) is 5.92 Å². The summed E-state index contributed by atoms with van der Waals surface area (Å²) in [5.41, 5.74) is 0. The summed E-state index contributed by atoms with van der Waals surface area (Å²) in [5, 5.41) is 13.0. The van der Waals surface area contributed by atoms with Crippen LogP contribution in [0.3, 0.4) is 0 Å². The van der Waals surface area contributed by atoms with E-state index in [-0.39, 0.29) is 11.9 Å². The van der Waals surface area contributed by atoms with Crippen LogP contribution in [0.4, 0.5) is 0 Å². The molecule has 2 N–H and O–H groups in total. The number of rotatable bonds is 2. The first-order valence-corrected chi connectivity index (χ1v) is 5.93. The van der Waals surface area contributed by atoms with Crippen molar-refractivity contribution < 1.29 is 9.84 Å². The summed E-state index contributed by atoms with van der Waals surface area (Å²) in [5.74, 6) is 1.30. The third-order valence-electron chi connectivity index (χ3n) is 3.09. The van der Waals surface area contributed by atoms with Crippen molar-refractivity contribution in [1.82, 2.24) is 5.32 Å². The lowest BCUT2D eigenvalue weighted by atomic mass is 10.0. The van der Waals surface area contributed by atoms with Crippen molar-refractivity contribution in [3.63, 3.8) is 0 Å². The number of aromatic hydroxyl groups is 1. The molecule has 1 aromatic carbocycles. The second kappa shape index (κ2) is 5.21. The Morgan fingerprint density at radius 2 is 2.19 bits per heavy atom. The molecule has 0 spiro atoms. The molecule has 0 aromatic heterocycles. The van der Waals surface area contributed by atoms with Crippen molar-refractivity contribution in [2.24, 2.45) is 5.92 Å². The van der Waals surface area contributed by atoms with Crippen LogP contribution in [0.1, 0.15) is 19.8 Å².